The molecule has 0 radical (unpaired) electrons. The van der Waals surface area contributed by atoms with E-state index in [4.69, 9.17) is 4.42 Å². The smallest absolute Gasteiger partial charge is 0.291 e. The summed E-state index contributed by atoms with van der Waals surface area (Å²) in [5, 5.41) is 9.34. The number of hydrogen-bond donors (Lipinski definition) is 2. The van der Waals surface area contributed by atoms with Crippen LogP contribution >= 0.6 is 0 Å². The number of nitrogens with one attached hydrogen (secondary N) is 2. The number of hydrogen-bond acceptors (Lipinski definition) is 5. The molecular weight excluding hydrogens is 416 g/mol. The first kappa shape index (κ1) is 20.6. The van der Waals surface area contributed by atoms with Gasteiger partial charge in [-0.2, -0.15) is 5.10 Å². The monoisotopic (exact) mass is 438 g/mol. The molecular formula is C26H22N4O3. The Labute approximate surface area is 190 Å². The standard InChI is InChI=1S/C26H22N4O3/c1-16-23-20(29-30-25(31)21-11-4-5-15-27-21)13-7-14-22(23)33-24(16)26(32)28-19-12-6-9-17-8-2-3-10-18(17)19/h2-6,8-12,15H,7,13-14H2,1H3,(H,28,32)(H,30,31)/b29-20+. The Bertz CT molecular complexity index is 1380. The number of pyridine rings is 1. The fourth-order valence-corrected chi connectivity index (χ4v) is 4.18. The molecule has 2 aromatic heterocycles. The molecule has 0 bridgehead atoms. The molecule has 0 saturated heterocycles. The van der Waals surface area contributed by atoms with Gasteiger partial charge in [-0.05, 0) is 43.4 Å². The average Bonchev–Trinajstić information content (AvgIpc) is 3.20. The number of aromatic nitrogens is 1. The van der Waals surface area contributed by atoms with Gasteiger partial charge in [0.25, 0.3) is 11.8 Å². The number of furan rings is 1. The zero-order valence-electron chi connectivity index (χ0n) is 18.1. The lowest BCUT2D eigenvalue weighted by Crippen LogP contribution is -2.22. The first-order chi connectivity index (χ1) is 16.1. The molecule has 7 nitrogen and oxygen atoms in total. The number of hydrazone groups is 1. The minimum atomic E-state index is -0.384. The van der Waals surface area contributed by atoms with Gasteiger partial charge in [-0.25, -0.2) is 5.43 Å². The molecule has 1 aliphatic rings. The molecule has 2 amide bonds. The number of benzene rings is 2. The largest absolute Gasteiger partial charge is 0.455 e. The van der Waals surface area contributed by atoms with Crippen molar-refractivity contribution in [1.29, 1.82) is 0 Å². The molecule has 0 fully saturated rings. The summed E-state index contributed by atoms with van der Waals surface area (Å²) < 4.78 is 5.99. The van der Waals surface area contributed by atoms with Crippen LogP contribution in [0.3, 0.4) is 0 Å². The van der Waals surface area contributed by atoms with Crippen LogP contribution in [0.2, 0.25) is 0 Å². The summed E-state index contributed by atoms with van der Waals surface area (Å²) in [7, 11) is 0. The summed E-state index contributed by atoms with van der Waals surface area (Å²) in [6, 6.07) is 18.8. The first-order valence-electron chi connectivity index (χ1n) is 10.8. The Morgan fingerprint density at radius 2 is 1.79 bits per heavy atom. The van der Waals surface area contributed by atoms with E-state index in [9.17, 15) is 9.59 Å². The van der Waals surface area contributed by atoms with Gasteiger partial charge < -0.3 is 9.73 Å². The van der Waals surface area contributed by atoms with Crippen molar-refractivity contribution >= 4 is 34.0 Å². The van der Waals surface area contributed by atoms with Gasteiger partial charge in [0.05, 0.1) is 5.71 Å². The number of carbonyl (C=O) groups excluding carboxylic acids is 2. The van der Waals surface area contributed by atoms with Crippen LogP contribution in [0.25, 0.3) is 10.8 Å². The molecule has 0 atom stereocenters. The number of rotatable bonds is 4. The van der Waals surface area contributed by atoms with E-state index < -0.39 is 0 Å². The average molecular weight is 438 g/mol. The number of anilines is 1. The number of amides is 2. The van der Waals surface area contributed by atoms with E-state index in [-0.39, 0.29) is 23.3 Å². The van der Waals surface area contributed by atoms with Gasteiger partial charge in [0, 0.05) is 34.8 Å². The van der Waals surface area contributed by atoms with E-state index >= 15 is 0 Å². The van der Waals surface area contributed by atoms with Crippen LogP contribution in [0.5, 0.6) is 0 Å². The van der Waals surface area contributed by atoms with E-state index in [0.29, 0.717) is 29.9 Å². The van der Waals surface area contributed by atoms with Crippen molar-refractivity contribution in [3.05, 3.63) is 95.2 Å². The molecule has 0 saturated carbocycles. The van der Waals surface area contributed by atoms with Gasteiger partial charge in [-0.3, -0.25) is 14.6 Å². The Morgan fingerprint density at radius 1 is 0.970 bits per heavy atom. The lowest BCUT2D eigenvalue weighted by Gasteiger charge is -2.13. The lowest BCUT2D eigenvalue weighted by atomic mass is 9.93. The molecule has 0 aliphatic heterocycles. The van der Waals surface area contributed by atoms with Crippen molar-refractivity contribution in [2.45, 2.75) is 26.2 Å². The molecule has 5 rings (SSSR count). The summed E-state index contributed by atoms with van der Waals surface area (Å²) in [4.78, 5) is 29.5. The van der Waals surface area contributed by atoms with Gasteiger partial charge >= 0.3 is 0 Å². The Morgan fingerprint density at radius 3 is 2.64 bits per heavy atom. The molecule has 0 unspecified atom stereocenters. The minimum absolute atomic E-state index is 0.263. The maximum Gasteiger partial charge on any atom is 0.291 e. The molecule has 4 aromatic rings. The van der Waals surface area contributed by atoms with Crippen molar-refractivity contribution < 1.29 is 14.0 Å². The SMILES string of the molecule is Cc1c(C(=O)Nc2cccc3ccccc23)oc2c1/C(=N/NC(=O)c1ccccn1)CCC2. The van der Waals surface area contributed by atoms with Crippen molar-refractivity contribution in [3.8, 4) is 0 Å². The van der Waals surface area contributed by atoms with Gasteiger partial charge in [0.1, 0.15) is 11.5 Å². The Kier molecular flexibility index (Phi) is 5.44. The number of nitrogens with zero attached hydrogens (tertiary/aromatic N) is 2. The van der Waals surface area contributed by atoms with E-state index in [2.05, 4.69) is 20.8 Å². The highest BCUT2D eigenvalue weighted by Gasteiger charge is 2.28. The molecule has 2 heterocycles. The summed E-state index contributed by atoms with van der Waals surface area (Å²) in [6.07, 6.45) is 3.77. The quantitative estimate of drug-likeness (QED) is 0.445. The van der Waals surface area contributed by atoms with Gasteiger partial charge in [0.2, 0.25) is 0 Å². The summed E-state index contributed by atoms with van der Waals surface area (Å²) in [5.74, 6) is 0.284. The fraction of sp³-hybridized carbons (Fsp3) is 0.154. The van der Waals surface area contributed by atoms with Crippen LogP contribution in [0.15, 0.2) is 76.4 Å². The Balaban J connectivity index is 1.41. The Hall–Kier alpha value is -4.26. The first-order valence-corrected chi connectivity index (χ1v) is 10.8. The predicted molar refractivity (Wildman–Crippen MR) is 127 cm³/mol. The van der Waals surface area contributed by atoms with Crippen LogP contribution in [-0.4, -0.2) is 22.5 Å². The molecule has 164 valence electrons. The zero-order chi connectivity index (χ0) is 22.8. The summed E-state index contributed by atoms with van der Waals surface area (Å²) >= 11 is 0. The third kappa shape index (κ3) is 4.01. The second-order valence-corrected chi connectivity index (χ2v) is 7.90. The predicted octanol–water partition coefficient (Wildman–Crippen LogP) is 4.86. The number of fused-ring (bicyclic) bond motifs is 2. The van der Waals surface area contributed by atoms with E-state index in [1.807, 2.05) is 49.4 Å². The molecule has 0 spiro atoms. The highest BCUT2D eigenvalue weighted by atomic mass is 16.4. The zero-order valence-corrected chi connectivity index (χ0v) is 18.1. The molecule has 2 N–H and O–H groups in total. The van der Waals surface area contributed by atoms with Gasteiger partial charge in [-0.1, -0.05) is 42.5 Å². The van der Waals surface area contributed by atoms with Gasteiger partial charge in [0.15, 0.2) is 5.76 Å². The second kappa shape index (κ2) is 8.70. The van der Waals surface area contributed by atoms with E-state index in [1.54, 1.807) is 24.4 Å². The molecule has 33 heavy (non-hydrogen) atoms. The lowest BCUT2D eigenvalue weighted by molar-refractivity contribution is 0.0948. The topological polar surface area (TPSA) is 96.6 Å². The van der Waals surface area contributed by atoms with Crippen molar-refractivity contribution in [1.82, 2.24) is 10.4 Å². The maximum atomic E-state index is 13.1. The normalized spacial score (nSPS) is 14.2. The summed E-state index contributed by atoms with van der Waals surface area (Å²) in [6.45, 7) is 1.85. The molecule has 2 aromatic carbocycles. The van der Waals surface area contributed by atoms with Crippen molar-refractivity contribution in [2.75, 3.05) is 5.32 Å². The van der Waals surface area contributed by atoms with Crippen LogP contribution in [0.1, 0.15) is 50.8 Å². The number of carbonyl (C=O) groups is 2. The third-order valence-corrected chi connectivity index (χ3v) is 5.76. The third-order valence-electron chi connectivity index (χ3n) is 5.76. The highest BCUT2D eigenvalue weighted by molar-refractivity contribution is 6.11. The highest BCUT2D eigenvalue weighted by Crippen LogP contribution is 2.31. The van der Waals surface area contributed by atoms with Gasteiger partial charge in [-0.15, -0.1) is 0 Å². The minimum Gasteiger partial charge on any atom is -0.455 e. The van der Waals surface area contributed by atoms with Crippen LogP contribution in [0.4, 0.5) is 5.69 Å². The van der Waals surface area contributed by atoms with E-state index in [0.717, 1.165) is 28.4 Å². The maximum absolute atomic E-state index is 13.1. The van der Waals surface area contributed by atoms with Crippen LogP contribution < -0.4 is 10.7 Å². The van der Waals surface area contributed by atoms with Crippen molar-refractivity contribution in [3.63, 3.8) is 0 Å². The second-order valence-electron chi connectivity index (χ2n) is 7.90. The van der Waals surface area contributed by atoms with Crippen LogP contribution in [0, 0.1) is 6.92 Å². The fourth-order valence-electron chi connectivity index (χ4n) is 4.18. The molecule has 1 aliphatic carbocycles. The van der Waals surface area contributed by atoms with E-state index in [1.165, 1.54) is 0 Å². The van der Waals surface area contributed by atoms with Crippen molar-refractivity contribution in [2.24, 2.45) is 5.10 Å². The van der Waals surface area contributed by atoms with Crippen LogP contribution in [-0.2, 0) is 6.42 Å². The summed E-state index contributed by atoms with van der Waals surface area (Å²) in [5.41, 5.74) is 5.81. The molecule has 7 heteroatoms. The number of aryl methyl sites for hydroxylation is 1.